The summed E-state index contributed by atoms with van der Waals surface area (Å²) in [4.78, 5) is 20.9. The van der Waals surface area contributed by atoms with Gasteiger partial charge in [-0.25, -0.2) is 0 Å². The van der Waals surface area contributed by atoms with Gasteiger partial charge in [-0.3, -0.25) is 9.59 Å². The molecule has 96 valence electrons. The third-order valence-electron chi connectivity index (χ3n) is 1.84. The highest BCUT2D eigenvalue weighted by atomic mass is 16.2. The molecule has 0 spiro atoms. The van der Waals surface area contributed by atoms with Crippen molar-refractivity contribution in [2.24, 2.45) is 5.73 Å². The molecule has 0 aromatic heterocycles. The van der Waals surface area contributed by atoms with E-state index >= 15 is 0 Å². The monoisotopic (exact) mass is 246 g/mol. The van der Waals surface area contributed by atoms with Gasteiger partial charge in [0.1, 0.15) is 0 Å². The Labute approximate surface area is 107 Å². The first-order chi connectivity index (χ1) is 8.34. The van der Waals surface area contributed by atoms with Crippen LogP contribution in [0.5, 0.6) is 0 Å². The van der Waals surface area contributed by atoms with Gasteiger partial charge in [0, 0.05) is 16.8 Å². The molecule has 0 fully saturated rings. The summed E-state index contributed by atoms with van der Waals surface area (Å²) in [6, 6.07) is 9.31. The molecule has 0 radical (unpaired) electrons. The lowest BCUT2D eigenvalue weighted by atomic mass is 10.3. The molecule has 1 aromatic carbocycles. The van der Waals surface area contributed by atoms with Crippen LogP contribution in [0.25, 0.3) is 0 Å². The predicted octanol–water partition coefficient (Wildman–Crippen LogP) is 2.25. The van der Waals surface area contributed by atoms with E-state index in [0.29, 0.717) is 11.1 Å². The fourth-order valence-corrected chi connectivity index (χ4v) is 0.759. The van der Waals surface area contributed by atoms with Gasteiger partial charge in [0.05, 0.1) is 0 Å². The molecule has 18 heavy (non-hydrogen) atoms. The van der Waals surface area contributed by atoms with E-state index < -0.39 is 5.91 Å². The van der Waals surface area contributed by atoms with Crippen LogP contribution in [0.1, 0.15) is 13.8 Å². The van der Waals surface area contributed by atoms with E-state index in [2.05, 4.69) is 18.5 Å². The third kappa shape index (κ3) is 7.00. The van der Waals surface area contributed by atoms with Crippen molar-refractivity contribution in [1.29, 1.82) is 0 Å². The molecule has 3 N–H and O–H groups in total. The number of hydrogen-bond donors (Lipinski definition) is 2. The maximum absolute atomic E-state index is 11.1. The van der Waals surface area contributed by atoms with Crippen molar-refractivity contribution in [3.05, 3.63) is 54.6 Å². The van der Waals surface area contributed by atoms with E-state index in [4.69, 9.17) is 5.73 Å². The topological polar surface area (TPSA) is 72.2 Å². The second kappa shape index (κ2) is 7.84. The molecule has 0 bridgehead atoms. The lowest BCUT2D eigenvalue weighted by Gasteiger charge is -2.02. The molecule has 0 saturated heterocycles. The van der Waals surface area contributed by atoms with Crippen molar-refractivity contribution < 1.29 is 9.59 Å². The second-order valence-corrected chi connectivity index (χ2v) is 3.75. The molecule has 0 aliphatic carbocycles. The van der Waals surface area contributed by atoms with E-state index in [1.165, 1.54) is 0 Å². The fourth-order valence-electron chi connectivity index (χ4n) is 0.759. The number of benzene rings is 1. The summed E-state index contributed by atoms with van der Waals surface area (Å²) in [5.41, 5.74) is 6.40. The van der Waals surface area contributed by atoms with Crippen LogP contribution in [-0.4, -0.2) is 11.8 Å². The average Bonchev–Trinajstić information content (AvgIpc) is 2.30. The van der Waals surface area contributed by atoms with Gasteiger partial charge < -0.3 is 11.1 Å². The minimum Gasteiger partial charge on any atom is -0.366 e. The van der Waals surface area contributed by atoms with Crippen LogP contribution in [0, 0.1) is 0 Å². The molecule has 0 aliphatic heterocycles. The number of carbonyl (C=O) groups is 2. The molecule has 2 amide bonds. The number of amides is 2. The number of nitrogens with two attached hydrogens (primary N) is 1. The summed E-state index contributed by atoms with van der Waals surface area (Å²) in [6.45, 7) is 10.1. The molecular formula is C14H18N2O2. The number of nitrogens with one attached hydrogen (secondary N) is 1. The van der Waals surface area contributed by atoms with E-state index in [-0.39, 0.29) is 5.91 Å². The van der Waals surface area contributed by atoms with Gasteiger partial charge in [-0.2, -0.15) is 0 Å². The van der Waals surface area contributed by atoms with Crippen molar-refractivity contribution in [2.75, 3.05) is 5.32 Å². The Balaban J connectivity index is 0.000000411. The lowest BCUT2D eigenvalue weighted by molar-refractivity contribution is -0.114. The minimum absolute atomic E-state index is 0.138. The summed E-state index contributed by atoms with van der Waals surface area (Å²) in [5.74, 6) is -0.573. The fraction of sp³-hybridized carbons (Fsp3) is 0.143. The highest BCUT2D eigenvalue weighted by Gasteiger charge is 2.00. The van der Waals surface area contributed by atoms with Gasteiger partial charge >= 0.3 is 0 Å². The highest BCUT2D eigenvalue weighted by molar-refractivity contribution is 6.02. The van der Waals surface area contributed by atoms with Crippen LogP contribution in [0.3, 0.4) is 0 Å². The zero-order chi connectivity index (χ0) is 14.1. The number of rotatable bonds is 3. The number of primary amides is 1. The van der Waals surface area contributed by atoms with Gasteiger partial charge in [-0.15, -0.1) is 0 Å². The minimum atomic E-state index is -0.435. The quantitative estimate of drug-likeness (QED) is 0.803. The maximum atomic E-state index is 11.1. The normalized spacial score (nSPS) is 8.56. The molecule has 0 saturated carbocycles. The number of carbonyl (C=O) groups excluding carboxylic acids is 2. The molecule has 4 heteroatoms. The standard InChI is InChI=1S/C10H11NO.C4H7NO/c1-8(2)10(12)11-9-6-4-3-5-7-9;1-3(2)4(5)6/h3-7H,1H2,2H3,(H,11,12);1H2,2H3,(H2,5,6). The number of para-hydroxylation sites is 1. The van der Waals surface area contributed by atoms with Crippen molar-refractivity contribution in [1.82, 2.24) is 0 Å². The van der Waals surface area contributed by atoms with Crippen LogP contribution < -0.4 is 11.1 Å². The van der Waals surface area contributed by atoms with E-state index in [1.807, 2.05) is 30.3 Å². The molecule has 0 aliphatic rings. The number of hydrogen-bond acceptors (Lipinski definition) is 2. The average molecular weight is 246 g/mol. The Morgan fingerprint density at radius 3 is 1.83 bits per heavy atom. The smallest absolute Gasteiger partial charge is 0.250 e. The van der Waals surface area contributed by atoms with E-state index in [0.717, 1.165) is 5.69 Å². The first kappa shape index (κ1) is 15.6. The molecular weight excluding hydrogens is 228 g/mol. The predicted molar refractivity (Wildman–Crippen MR) is 73.9 cm³/mol. The summed E-state index contributed by atoms with van der Waals surface area (Å²) in [5, 5.41) is 2.70. The van der Waals surface area contributed by atoms with Gasteiger partial charge in [0.2, 0.25) is 5.91 Å². The second-order valence-electron chi connectivity index (χ2n) is 3.75. The van der Waals surface area contributed by atoms with Gasteiger partial charge in [0.15, 0.2) is 0 Å². The molecule has 0 heterocycles. The maximum Gasteiger partial charge on any atom is 0.250 e. The zero-order valence-electron chi connectivity index (χ0n) is 10.7. The largest absolute Gasteiger partial charge is 0.366 e. The third-order valence-corrected chi connectivity index (χ3v) is 1.84. The Morgan fingerprint density at radius 2 is 1.50 bits per heavy atom. The Morgan fingerprint density at radius 1 is 1.06 bits per heavy atom. The number of anilines is 1. The van der Waals surface area contributed by atoms with Crippen molar-refractivity contribution in [3.63, 3.8) is 0 Å². The first-order valence-corrected chi connectivity index (χ1v) is 5.31. The van der Waals surface area contributed by atoms with E-state index in [1.54, 1.807) is 13.8 Å². The zero-order valence-corrected chi connectivity index (χ0v) is 10.7. The van der Waals surface area contributed by atoms with Crippen LogP contribution in [-0.2, 0) is 9.59 Å². The van der Waals surface area contributed by atoms with Crippen molar-refractivity contribution in [2.45, 2.75) is 13.8 Å². The van der Waals surface area contributed by atoms with E-state index in [9.17, 15) is 9.59 Å². The molecule has 0 atom stereocenters. The molecule has 1 rings (SSSR count). The molecule has 4 nitrogen and oxygen atoms in total. The first-order valence-electron chi connectivity index (χ1n) is 5.31. The summed E-state index contributed by atoms with van der Waals surface area (Å²) in [6.07, 6.45) is 0. The van der Waals surface area contributed by atoms with Gasteiger partial charge in [-0.05, 0) is 26.0 Å². The SMILES string of the molecule is C=C(C)C(=O)Nc1ccccc1.C=C(C)C(N)=O. The van der Waals surface area contributed by atoms with Crippen molar-refractivity contribution >= 4 is 17.5 Å². The van der Waals surface area contributed by atoms with Crippen LogP contribution >= 0.6 is 0 Å². The summed E-state index contributed by atoms with van der Waals surface area (Å²) in [7, 11) is 0. The highest BCUT2D eigenvalue weighted by Crippen LogP contribution is 2.05. The van der Waals surface area contributed by atoms with Crippen LogP contribution in [0.4, 0.5) is 5.69 Å². The van der Waals surface area contributed by atoms with Crippen molar-refractivity contribution in [3.8, 4) is 0 Å². The molecule has 0 unspecified atom stereocenters. The Hall–Kier alpha value is -2.36. The Bertz CT molecular complexity index is 438. The van der Waals surface area contributed by atoms with Crippen LogP contribution in [0.2, 0.25) is 0 Å². The van der Waals surface area contributed by atoms with Gasteiger partial charge in [-0.1, -0.05) is 31.4 Å². The Kier molecular flexibility index (Phi) is 6.81. The molecule has 1 aromatic rings. The van der Waals surface area contributed by atoms with Crippen LogP contribution in [0.15, 0.2) is 54.6 Å². The lowest BCUT2D eigenvalue weighted by Crippen LogP contribution is -2.11. The van der Waals surface area contributed by atoms with Gasteiger partial charge in [0.25, 0.3) is 5.91 Å². The summed E-state index contributed by atoms with van der Waals surface area (Å²) < 4.78 is 0. The summed E-state index contributed by atoms with van der Waals surface area (Å²) >= 11 is 0.